The number of hydrogen-bond donors (Lipinski definition) is 1. The van der Waals surface area contributed by atoms with E-state index in [0.717, 1.165) is 12.0 Å². The molecule has 1 saturated heterocycles. The van der Waals surface area contributed by atoms with Crippen molar-refractivity contribution in [2.45, 2.75) is 78.3 Å². The monoisotopic (exact) mass is 266 g/mol. The Morgan fingerprint density at radius 1 is 1.16 bits per heavy atom. The lowest BCUT2D eigenvalue weighted by Crippen LogP contribution is -2.64. The Morgan fingerprint density at radius 3 is 2.26 bits per heavy atom. The standard InChI is InChI=1S/C17H34N2/c1-6-17(7-2)13-19(11-10-16(3,4)5)15(12-18-17)14-8-9-14/h14-15,18H,6-13H2,1-5H3. The van der Waals surface area contributed by atoms with Crippen LogP contribution in [0, 0.1) is 11.3 Å². The first-order valence-corrected chi connectivity index (χ1v) is 8.38. The summed E-state index contributed by atoms with van der Waals surface area (Å²) >= 11 is 0. The Morgan fingerprint density at radius 2 is 1.79 bits per heavy atom. The van der Waals surface area contributed by atoms with Crippen molar-refractivity contribution in [1.29, 1.82) is 0 Å². The summed E-state index contributed by atoms with van der Waals surface area (Å²) in [5.74, 6) is 0.985. The molecule has 1 saturated carbocycles. The molecule has 0 amide bonds. The first-order valence-electron chi connectivity index (χ1n) is 8.38. The van der Waals surface area contributed by atoms with Crippen LogP contribution < -0.4 is 5.32 Å². The van der Waals surface area contributed by atoms with Crippen molar-refractivity contribution in [2.24, 2.45) is 11.3 Å². The first-order chi connectivity index (χ1) is 8.89. The van der Waals surface area contributed by atoms with Gasteiger partial charge in [0.05, 0.1) is 0 Å². The van der Waals surface area contributed by atoms with Crippen LogP contribution in [0.3, 0.4) is 0 Å². The topological polar surface area (TPSA) is 15.3 Å². The molecule has 0 aromatic carbocycles. The van der Waals surface area contributed by atoms with Gasteiger partial charge in [-0.3, -0.25) is 4.90 Å². The largest absolute Gasteiger partial charge is 0.308 e. The Labute approximate surface area is 120 Å². The van der Waals surface area contributed by atoms with Gasteiger partial charge in [-0.25, -0.2) is 0 Å². The van der Waals surface area contributed by atoms with E-state index in [0.29, 0.717) is 11.0 Å². The number of piperazine rings is 1. The lowest BCUT2D eigenvalue weighted by Gasteiger charge is -2.48. The second-order valence-corrected chi connectivity index (χ2v) is 8.05. The van der Waals surface area contributed by atoms with Crippen LogP contribution in [-0.4, -0.2) is 36.1 Å². The third-order valence-corrected chi connectivity index (χ3v) is 5.33. The van der Waals surface area contributed by atoms with E-state index < -0.39 is 0 Å². The highest BCUT2D eigenvalue weighted by Gasteiger charge is 2.42. The van der Waals surface area contributed by atoms with Gasteiger partial charge in [-0.1, -0.05) is 34.6 Å². The van der Waals surface area contributed by atoms with Gasteiger partial charge >= 0.3 is 0 Å². The normalized spacial score (nSPS) is 28.6. The summed E-state index contributed by atoms with van der Waals surface area (Å²) in [6.07, 6.45) is 6.76. The van der Waals surface area contributed by atoms with Crippen molar-refractivity contribution in [1.82, 2.24) is 10.2 Å². The fraction of sp³-hybridized carbons (Fsp3) is 1.00. The van der Waals surface area contributed by atoms with Crippen LogP contribution in [0.4, 0.5) is 0 Å². The first kappa shape index (κ1) is 15.3. The Kier molecular flexibility index (Phi) is 4.62. The van der Waals surface area contributed by atoms with Gasteiger partial charge in [0, 0.05) is 24.7 Å². The number of rotatable bonds is 5. The lowest BCUT2D eigenvalue weighted by atomic mass is 9.86. The minimum absolute atomic E-state index is 0.378. The van der Waals surface area contributed by atoms with Crippen molar-refractivity contribution in [3.63, 3.8) is 0 Å². The van der Waals surface area contributed by atoms with Gasteiger partial charge in [-0.2, -0.15) is 0 Å². The molecule has 0 spiro atoms. The SMILES string of the molecule is CCC1(CC)CN(CCC(C)(C)C)C(C2CC2)CN1. The maximum atomic E-state index is 3.89. The predicted octanol–water partition coefficient (Wildman–Crippen LogP) is 3.67. The molecule has 1 N–H and O–H groups in total. The van der Waals surface area contributed by atoms with E-state index in [1.54, 1.807) is 0 Å². The zero-order valence-corrected chi connectivity index (χ0v) is 13.8. The molecule has 2 nitrogen and oxygen atoms in total. The third kappa shape index (κ3) is 3.95. The van der Waals surface area contributed by atoms with Gasteiger partial charge in [-0.15, -0.1) is 0 Å². The Hall–Kier alpha value is -0.0800. The average Bonchev–Trinajstić information content (AvgIpc) is 3.19. The smallest absolute Gasteiger partial charge is 0.0304 e. The predicted molar refractivity (Wildman–Crippen MR) is 83.5 cm³/mol. The van der Waals surface area contributed by atoms with E-state index in [9.17, 15) is 0 Å². The lowest BCUT2D eigenvalue weighted by molar-refractivity contribution is 0.0534. The summed E-state index contributed by atoms with van der Waals surface area (Å²) < 4.78 is 0. The maximum absolute atomic E-state index is 3.89. The quantitative estimate of drug-likeness (QED) is 0.817. The zero-order chi connectivity index (χ0) is 14.1. The fourth-order valence-electron chi connectivity index (χ4n) is 3.41. The van der Waals surface area contributed by atoms with Crippen LogP contribution in [0.25, 0.3) is 0 Å². The van der Waals surface area contributed by atoms with E-state index in [4.69, 9.17) is 0 Å². The third-order valence-electron chi connectivity index (χ3n) is 5.33. The van der Waals surface area contributed by atoms with E-state index in [2.05, 4.69) is 44.8 Å². The molecule has 1 unspecified atom stereocenters. The number of nitrogens with one attached hydrogen (secondary N) is 1. The van der Waals surface area contributed by atoms with E-state index in [1.807, 2.05) is 0 Å². The summed E-state index contributed by atoms with van der Waals surface area (Å²) in [6, 6.07) is 0.813. The molecule has 2 aliphatic rings. The van der Waals surface area contributed by atoms with Gasteiger partial charge in [0.25, 0.3) is 0 Å². The highest BCUT2D eigenvalue weighted by molar-refractivity contribution is 5.01. The van der Waals surface area contributed by atoms with Crippen molar-refractivity contribution in [3.05, 3.63) is 0 Å². The molecule has 112 valence electrons. The summed E-state index contributed by atoms with van der Waals surface area (Å²) in [5, 5.41) is 3.89. The van der Waals surface area contributed by atoms with Gasteiger partial charge < -0.3 is 5.32 Å². The molecule has 0 bridgehead atoms. The molecule has 1 aliphatic heterocycles. The molecule has 0 radical (unpaired) electrons. The minimum Gasteiger partial charge on any atom is -0.308 e. The van der Waals surface area contributed by atoms with Gasteiger partial charge in [0.2, 0.25) is 0 Å². The molecular weight excluding hydrogens is 232 g/mol. The van der Waals surface area contributed by atoms with E-state index in [1.165, 1.54) is 51.7 Å². The van der Waals surface area contributed by atoms with Crippen molar-refractivity contribution in [2.75, 3.05) is 19.6 Å². The number of nitrogens with zero attached hydrogens (tertiary/aromatic N) is 1. The van der Waals surface area contributed by atoms with Crippen LogP contribution in [0.5, 0.6) is 0 Å². The zero-order valence-electron chi connectivity index (χ0n) is 13.8. The summed E-state index contributed by atoms with van der Waals surface area (Å²) in [5.41, 5.74) is 0.837. The Bertz CT molecular complexity index is 284. The molecule has 1 heterocycles. The average molecular weight is 266 g/mol. The van der Waals surface area contributed by atoms with Crippen LogP contribution in [-0.2, 0) is 0 Å². The Balaban J connectivity index is 2.00. The highest BCUT2D eigenvalue weighted by Crippen LogP contribution is 2.38. The van der Waals surface area contributed by atoms with Crippen molar-refractivity contribution in [3.8, 4) is 0 Å². The fourth-order valence-corrected chi connectivity index (χ4v) is 3.41. The maximum Gasteiger partial charge on any atom is 0.0304 e. The van der Waals surface area contributed by atoms with Crippen molar-refractivity contribution >= 4 is 0 Å². The molecule has 1 aliphatic carbocycles. The second kappa shape index (κ2) is 5.73. The number of hydrogen-bond acceptors (Lipinski definition) is 2. The van der Waals surface area contributed by atoms with Crippen LogP contribution in [0.2, 0.25) is 0 Å². The molecule has 2 fully saturated rings. The minimum atomic E-state index is 0.378. The summed E-state index contributed by atoms with van der Waals surface area (Å²) in [4.78, 5) is 2.83. The molecular formula is C17H34N2. The summed E-state index contributed by atoms with van der Waals surface area (Å²) in [6.45, 7) is 15.6. The van der Waals surface area contributed by atoms with Crippen LogP contribution in [0.1, 0.15) is 66.7 Å². The molecule has 19 heavy (non-hydrogen) atoms. The van der Waals surface area contributed by atoms with Gasteiger partial charge in [0.15, 0.2) is 0 Å². The molecule has 2 rings (SSSR count). The van der Waals surface area contributed by atoms with E-state index >= 15 is 0 Å². The van der Waals surface area contributed by atoms with Crippen LogP contribution in [0.15, 0.2) is 0 Å². The molecule has 0 aromatic heterocycles. The highest BCUT2D eigenvalue weighted by atomic mass is 15.3. The van der Waals surface area contributed by atoms with Gasteiger partial charge in [-0.05, 0) is 50.0 Å². The van der Waals surface area contributed by atoms with Crippen molar-refractivity contribution < 1.29 is 0 Å². The summed E-state index contributed by atoms with van der Waals surface area (Å²) in [7, 11) is 0. The van der Waals surface area contributed by atoms with Gasteiger partial charge in [0.1, 0.15) is 0 Å². The molecule has 1 atom stereocenters. The second-order valence-electron chi connectivity index (χ2n) is 8.05. The van der Waals surface area contributed by atoms with Crippen LogP contribution >= 0.6 is 0 Å². The molecule has 2 heteroatoms. The van der Waals surface area contributed by atoms with E-state index in [-0.39, 0.29) is 0 Å². The molecule has 0 aromatic rings.